The van der Waals surface area contributed by atoms with Crippen LogP contribution in [0.25, 0.3) is 0 Å². The molecule has 0 radical (unpaired) electrons. The van der Waals surface area contributed by atoms with Gasteiger partial charge in [-0.05, 0) is 38.8 Å². The van der Waals surface area contributed by atoms with Crippen LogP contribution in [-0.2, 0) is 4.74 Å². The molecule has 3 unspecified atom stereocenters. The van der Waals surface area contributed by atoms with Gasteiger partial charge in [-0.2, -0.15) is 0 Å². The smallest absolute Gasteiger partial charge is 0.125 e. The molecule has 1 aromatic rings. The normalized spacial score (nSPS) is 24.8. The van der Waals surface area contributed by atoms with E-state index in [2.05, 4.69) is 18.7 Å². The Balaban J connectivity index is 1.83. The van der Waals surface area contributed by atoms with Crippen molar-refractivity contribution in [3.05, 3.63) is 29.3 Å². The van der Waals surface area contributed by atoms with Crippen LogP contribution >= 0.6 is 0 Å². The summed E-state index contributed by atoms with van der Waals surface area (Å²) < 4.78 is 11.5. The Morgan fingerprint density at radius 2 is 1.81 bits per heavy atom. The van der Waals surface area contributed by atoms with Gasteiger partial charge in [-0.1, -0.05) is 18.2 Å². The van der Waals surface area contributed by atoms with E-state index in [0.29, 0.717) is 13.2 Å². The Labute approximate surface area is 127 Å². The van der Waals surface area contributed by atoms with Crippen LogP contribution in [0.1, 0.15) is 25.0 Å². The third kappa shape index (κ3) is 4.70. The molecule has 4 nitrogen and oxygen atoms in total. The maximum atomic E-state index is 10.2. The molecule has 2 rings (SSSR count). The number of ether oxygens (including phenoxy) is 2. The molecule has 0 bridgehead atoms. The highest BCUT2D eigenvalue weighted by Gasteiger charge is 2.24. The summed E-state index contributed by atoms with van der Waals surface area (Å²) in [5, 5.41) is 10.2. The topological polar surface area (TPSA) is 41.9 Å². The molecule has 1 saturated heterocycles. The summed E-state index contributed by atoms with van der Waals surface area (Å²) in [6, 6.07) is 6.07. The van der Waals surface area contributed by atoms with Crippen molar-refractivity contribution in [3.8, 4) is 5.75 Å². The molecule has 21 heavy (non-hydrogen) atoms. The average Bonchev–Trinajstić information content (AvgIpc) is 2.36. The van der Waals surface area contributed by atoms with Gasteiger partial charge in [0.2, 0.25) is 0 Å². The lowest BCUT2D eigenvalue weighted by atomic mass is 10.1. The SMILES string of the molecule is Cc1cccc(C)c1OCC(O)CN1CC(C)OC(C)C1. The number of benzene rings is 1. The van der Waals surface area contributed by atoms with E-state index in [1.54, 1.807) is 0 Å². The zero-order chi connectivity index (χ0) is 15.4. The van der Waals surface area contributed by atoms with Crippen LogP contribution in [0.15, 0.2) is 18.2 Å². The first-order chi connectivity index (χ1) is 9.95. The average molecular weight is 293 g/mol. The van der Waals surface area contributed by atoms with Gasteiger partial charge in [-0.3, -0.25) is 4.90 Å². The highest BCUT2D eigenvalue weighted by atomic mass is 16.5. The van der Waals surface area contributed by atoms with Gasteiger partial charge in [-0.25, -0.2) is 0 Å². The molecular weight excluding hydrogens is 266 g/mol. The van der Waals surface area contributed by atoms with E-state index >= 15 is 0 Å². The molecule has 1 aliphatic rings. The highest BCUT2D eigenvalue weighted by Crippen LogP contribution is 2.22. The number of aryl methyl sites for hydroxylation is 2. The molecule has 1 N–H and O–H groups in total. The van der Waals surface area contributed by atoms with Gasteiger partial charge in [0.25, 0.3) is 0 Å². The van der Waals surface area contributed by atoms with Crippen LogP contribution in [0.3, 0.4) is 0 Å². The van der Waals surface area contributed by atoms with Crippen LogP contribution < -0.4 is 4.74 Å². The predicted octanol–water partition coefficient (Wildman–Crippen LogP) is 2.15. The molecule has 0 saturated carbocycles. The second-order valence-corrected chi connectivity index (χ2v) is 6.16. The number of morpholine rings is 1. The van der Waals surface area contributed by atoms with E-state index in [-0.39, 0.29) is 12.2 Å². The first-order valence-electron chi connectivity index (χ1n) is 7.70. The Morgan fingerprint density at radius 1 is 1.24 bits per heavy atom. The van der Waals surface area contributed by atoms with Crippen LogP contribution in [-0.4, -0.2) is 54.6 Å². The molecule has 3 atom stereocenters. The summed E-state index contributed by atoms with van der Waals surface area (Å²) in [6.45, 7) is 10.9. The Morgan fingerprint density at radius 3 is 2.38 bits per heavy atom. The second-order valence-electron chi connectivity index (χ2n) is 6.16. The standard InChI is InChI=1S/C17H27NO3/c1-12-6-5-7-13(2)17(12)20-11-16(19)10-18-8-14(3)21-15(4)9-18/h5-7,14-16,19H,8-11H2,1-4H3. The Hall–Kier alpha value is -1.10. The number of para-hydroxylation sites is 1. The lowest BCUT2D eigenvalue weighted by Crippen LogP contribution is -2.48. The molecule has 4 heteroatoms. The van der Waals surface area contributed by atoms with Crippen LogP contribution in [0, 0.1) is 13.8 Å². The first kappa shape index (κ1) is 16.3. The number of hydrogen-bond donors (Lipinski definition) is 1. The van der Waals surface area contributed by atoms with Gasteiger partial charge in [0, 0.05) is 19.6 Å². The molecule has 0 amide bonds. The fourth-order valence-electron chi connectivity index (χ4n) is 2.99. The van der Waals surface area contributed by atoms with Crippen molar-refractivity contribution in [2.24, 2.45) is 0 Å². The van der Waals surface area contributed by atoms with E-state index in [0.717, 1.165) is 30.0 Å². The van der Waals surface area contributed by atoms with Crippen molar-refractivity contribution in [2.75, 3.05) is 26.2 Å². The minimum Gasteiger partial charge on any atom is -0.490 e. The van der Waals surface area contributed by atoms with Crippen molar-refractivity contribution >= 4 is 0 Å². The summed E-state index contributed by atoms with van der Waals surface area (Å²) in [6.07, 6.45) is -0.0394. The predicted molar refractivity (Wildman–Crippen MR) is 83.9 cm³/mol. The molecule has 0 aromatic heterocycles. The lowest BCUT2D eigenvalue weighted by Gasteiger charge is -2.36. The molecule has 118 valence electrons. The minimum atomic E-state index is -0.485. The zero-order valence-corrected chi connectivity index (χ0v) is 13.5. The van der Waals surface area contributed by atoms with Gasteiger partial charge < -0.3 is 14.6 Å². The fourth-order valence-corrected chi connectivity index (χ4v) is 2.99. The van der Waals surface area contributed by atoms with E-state index in [1.807, 2.05) is 32.0 Å². The molecule has 0 spiro atoms. The van der Waals surface area contributed by atoms with Crippen LogP contribution in [0.2, 0.25) is 0 Å². The van der Waals surface area contributed by atoms with Crippen molar-refractivity contribution in [3.63, 3.8) is 0 Å². The Bertz CT molecular complexity index is 433. The lowest BCUT2D eigenvalue weighted by molar-refractivity contribution is -0.0787. The fraction of sp³-hybridized carbons (Fsp3) is 0.647. The summed E-state index contributed by atoms with van der Waals surface area (Å²) in [4.78, 5) is 2.25. The second kappa shape index (κ2) is 7.25. The molecule has 1 aliphatic heterocycles. The monoisotopic (exact) mass is 293 g/mol. The van der Waals surface area contributed by atoms with Gasteiger partial charge in [0.05, 0.1) is 12.2 Å². The van der Waals surface area contributed by atoms with Gasteiger partial charge in [-0.15, -0.1) is 0 Å². The third-order valence-corrected chi connectivity index (χ3v) is 3.79. The van der Waals surface area contributed by atoms with Crippen molar-refractivity contribution in [1.82, 2.24) is 4.90 Å². The highest BCUT2D eigenvalue weighted by molar-refractivity contribution is 5.39. The molecular formula is C17H27NO3. The van der Waals surface area contributed by atoms with Gasteiger partial charge in [0.1, 0.15) is 18.5 Å². The molecule has 1 fully saturated rings. The maximum Gasteiger partial charge on any atom is 0.125 e. The van der Waals surface area contributed by atoms with E-state index in [9.17, 15) is 5.11 Å². The third-order valence-electron chi connectivity index (χ3n) is 3.79. The summed E-state index contributed by atoms with van der Waals surface area (Å²) in [5.41, 5.74) is 2.21. The van der Waals surface area contributed by atoms with Gasteiger partial charge >= 0.3 is 0 Å². The van der Waals surface area contributed by atoms with E-state index < -0.39 is 6.10 Å². The Kier molecular flexibility index (Phi) is 5.62. The zero-order valence-electron chi connectivity index (χ0n) is 13.5. The van der Waals surface area contributed by atoms with E-state index in [4.69, 9.17) is 9.47 Å². The summed E-state index contributed by atoms with van der Waals surface area (Å²) in [7, 11) is 0. The van der Waals surface area contributed by atoms with E-state index in [1.165, 1.54) is 0 Å². The summed E-state index contributed by atoms with van der Waals surface area (Å²) >= 11 is 0. The number of hydrogen-bond acceptors (Lipinski definition) is 4. The van der Waals surface area contributed by atoms with Crippen LogP contribution in [0.5, 0.6) is 5.75 Å². The first-order valence-corrected chi connectivity index (χ1v) is 7.70. The number of β-amino-alcohol motifs (C(OH)–C–C–N with tert-alkyl or cyclic N) is 1. The quantitative estimate of drug-likeness (QED) is 0.903. The molecule has 1 aromatic carbocycles. The number of rotatable bonds is 5. The molecule has 1 heterocycles. The summed E-state index contributed by atoms with van der Waals surface area (Å²) in [5.74, 6) is 0.889. The molecule has 0 aliphatic carbocycles. The number of aliphatic hydroxyl groups is 1. The largest absolute Gasteiger partial charge is 0.490 e. The van der Waals surface area contributed by atoms with Crippen molar-refractivity contribution < 1.29 is 14.6 Å². The minimum absolute atomic E-state index is 0.223. The number of nitrogens with zero attached hydrogens (tertiary/aromatic N) is 1. The van der Waals surface area contributed by atoms with Crippen molar-refractivity contribution in [1.29, 1.82) is 0 Å². The van der Waals surface area contributed by atoms with Crippen LogP contribution in [0.4, 0.5) is 0 Å². The van der Waals surface area contributed by atoms with Gasteiger partial charge in [0.15, 0.2) is 0 Å². The maximum absolute atomic E-state index is 10.2. The van der Waals surface area contributed by atoms with Crippen molar-refractivity contribution in [2.45, 2.75) is 46.0 Å². The number of aliphatic hydroxyl groups excluding tert-OH is 1.